The largest absolute Gasteiger partial charge is 0.744 e. The first-order valence-corrected chi connectivity index (χ1v) is 23.7. The highest BCUT2D eigenvalue weighted by Gasteiger charge is 2.48. The molecule has 18 heteroatoms. The first kappa shape index (κ1) is 47.7. The zero-order valence-corrected chi connectivity index (χ0v) is 36.2. The van der Waals surface area contributed by atoms with Crippen LogP contribution in [-0.2, 0) is 55.5 Å². The molecule has 0 radical (unpaired) electrons. The van der Waals surface area contributed by atoms with Crippen LogP contribution in [0.2, 0.25) is 0 Å². The Morgan fingerprint density at radius 2 is 1.51 bits per heavy atom. The number of methoxy groups -OCH3 is 1. The van der Waals surface area contributed by atoms with Gasteiger partial charge in [0.15, 0.2) is 5.71 Å². The molecule has 2 unspecified atom stereocenters. The molecule has 0 aliphatic carbocycles. The Balaban J connectivity index is 1.69. The molecule has 0 saturated heterocycles. The number of aliphatic carboxylic acids is 1. The minimum absolute atomic E-state index is 0.0506. The van der Waals surface area contributed by atoms with Gasteiger partial charge in [0, 0.05) is 67.6 Å². The lowest BCUT2D eigenvalue weighted by molar-refractivity contribution is -0.438. The van der Waals surface area contributed by atoms with Gasteiger partial charge in [-0.1, -0.05) is 30.4 Å². The van der Waals surface area contributed by atoms with Gasteiger partial charge in [-0.2, -0.15) is 21.4 Å². The maximum absolute atomic E-state index is 12.1. The van der Waals surface area contributed by atoms with Crippen molar-refractivity contribution in [3.8, 4) is 0 Å². The number of carboxylic acids is 1. The van der Waals surface area contributed by atoms with Crippen LogP contribution in [-0.4, -0.2) is 106 Å². The van der Waals surface area contributed by atoms with E-state index in [1.165, 1.54) is 24.3 Å². The van der Waals surface area contributed by atoms with Crippen molar-refractivity contribution in [3.63, 3.8) is 0 Å². The van der Waals surface area contributed by atoms with Gasteiger partial charge in [0.1, 0.15) is 16.7 Å². The van der Waals surface area contributed by atoms with Crippen LogP contribution in [0.15, 0.2) is 94.4 Å². The van der Waals surface area contributed by atoms with Gasteiger partial charge in [-0.25, -0.2) is 8.42 Å². The highest BCUT2D eigenvalue weighted by molar-refractivity contribution is 7.86. The molecule has 0 aromatic heterocycles. The average molecular weight is 879 g/mol. The van der Waals surface area contributed by atoms with E-state index in [-0.39, 0.29) is 29.1 Å². The molecule has 0 spiro atoms. The predicted molar refractivity (Wildman–Crippen MR) is 223 cm³/mol. The lowest BCUT2D eigenvalue weighted by Crippen LogP contribution is -2.33. The first-order valence-electron chi connectivity index (χ1n) is 19.3. The second kappa shape index (κ2) is 20.0. The molecular weight excluding hydrogens is 825 g/mol. The molecule has 0 amide bonds. The van der Waals surface area contributed by atoms with Crippen LogP contribution in [0, 0.1) is 0 Å². The third kappa shape index (κ3) is 12.1. The molecule has 0 fully saturated rings. The summed E-state index contributed by atoms with van der Waals surface area (Å²) in [6.07, 6.45) is 15.5. The summed E-state index contributed by atoms with van der Waals surface area (Å²) in [6.45, 7) is 7.83. The van der Waals surface area contributed by atoms with Crippen LogP contribution in [0.4, 0.5) is 11.4 Å². The van der Waals surface area contributed by atoms with Crippen LogP contribution >= 0.6 is 0 Å². The molecule has 2 aliphatic rings. The summed E-state index contributed by atoms with van der Waals surface area (Å²) in [4.78, 5) is 12.5. The number of carbonyl (C=O) groups is 1. The third-order valence-corrected chi connectivity index (χ3v) is 13.3. The van der Waals surface area contributed by atoms with E-state index >= 15 is 0 Å². The van der Waals surface area contributed by atoms with Crippen LogP contribution in [0.1, 0.15) is 76.8 Å². The molecule has 15 nitrogen and oxygen atoms in total. The number of rotatable bonds is 23. The van der Waals surface area contributed by atoms with E-state index in [0.29, 0.717) is 75.4 Å². The summed E-state index contributed by atoms with van der Waals surface area (Å²) in [5.41, 5.74) is 2.66. The Hall–Kier alpha value is -4.01. The number of carboxylic acid groups (broad SMARTS) is 1. The van der Waals surface area contributed by atoms with Crippen molar-refractivity contribution in [2.75, 3.05) is 50.7 Å². The smallest absolute Gasteiger partial charge is 0.303 e. The lowest BCUT2D eigenvalue weighted by Gasteiger charge is -2.30. The topological polar surface area (TPSA) is 228 Å². The number of allylic oxidation sites excluding steroid dienone is 8. The summed E-state index contributed by atoms with van der Waals surface area (Å²) in [7, 11) is -12.0. The van der Waals surface area contributed by atoms with Crippen LogP contribution in [0.5, 0.6) is 0 Å². The Morgan fingerprint density at radius 3 is 2.15 bits per heavy atom. The highest BCUT2D eigenvalue weighted by Crippen LogP contribution is 2.51. The predicted octanol–water partition coefficient (Wildman–Crippen LogP) is 5.91. The highest BCUT2D eigenvalue weighted by atomic mass is 32.2. The number of hydrogen-bond acceptors (Lipinski definition) is 11. The van der Waals surface area contributed by atoms with Gasteiger partial charge in [-0.3, -0.25) is 13.9 Å². The Bertz CT molecular complexity index is 2350. The zero-order chi connectivity index (χ0) is 43.6. The number of likely N-dealkylation sites (N-methyl/N-ethyl adjacent to an activating group) is 1. The van der Waals surface area contributed by atoms with Gasteiger partial charge in [0.05, 0.1) is 34.2 Å². The van der Waals surface area contributed by atoms with Gasteiger partial charge < -0.3 is 24.0 Å². The lowest BCUT2D eigenvalue weighted by atomic mass is 9.76. The quantitative estimate of drug-likeness (QED) is 0.0511. The van der Waals surface area contributed by atoms with E-state index in [1.54, 1.807) is 37.5 Å². The van der Waals surface area contributed by atoms with Crippen LogP contribution in [0.3, 0.4) is 0 Å². The van der Waals surface area contributed by atoms with E-state index in [9.17, 15) is 43.7 Å². The van der Waals surface area contributed by atoms with E-state index in [4.69, 9.17) is 14.6 Å². The summed E-state index contributed by atoms with van der Waals surface area (Å²) >= 11 is 0. The van der Waals surface area contributed by atoms with Crippen molar-refractivity contribution in [3.05, 3.63) is 95.8 Å². The Morgan fingerprint density at radius 1 is 0.831 bits per heavy atom. The maximum Gasteiger partial charge on any atom is 0.303 e. The van der Waals surface area contributed by atoms with Crippen molar-refractivity contribution >= 4 is 53.4 Å². The summed E-state index contributed by atoms with van der Waals surface area (Å²) in [6, 6.07) is 8.68. The van der Waals surface area contributed by atoms with Gasteiger partial charge in [-0.05, 0) is 94.8 Å². The van der Waals surface area contributed by atoms with Crippen molar-refractivity contribution < 1.29 is 62.9 Å². The number of ether oxygens (including phenoxy) is 2. The fourth-order valence-corrected chi connectivity index (χ4v) is 9.34. The summed E-state index contributed by atoms with van der Waals surface area (Å²) < 4.78 is 116. The SMILES string of the molecule is CCN1/C(=C/C=C/C=C/C=C/C2=[N+](CCCCCC(=O)O)c3ccc(S(=O)(=O)[O-])cc3C2(C)CCOCCOC)C(C)(CCCS(=O)(=O)O)c2cc(S(=O)(=O)O)ccc21. The molecule has 0 bridgehead atoms. The van der Waals surface area contributed by atoms with Gasteiger partial charge in [-0.15, -0.1) is 0 Å². The number of nitrogens with zero attached hydrogens (tertiary/aromatic N) is 2. The number of unbranched alkanes of at least 4 members (excludes halogenated alkanes) is 2. The molecule has 3 N–H and O–H groups in total. The van der Waals surface area contributed by atoms with Crippen molar-refractivity contribution in [2.24, 2.45) is 0 Å². The van der Waals surface area contributed by atoms with E-state index in [1.807, 2.05) is 50.0 Å². The molecule has 2 aromatic carbocycles. The number of fused-ring (bicyclic) bond motifs is 2. The summed E-state index contributed by atoms with van der Waals surface area (Å²) in [5.74, 6) is -1.35. The molecule has 59 heavy (non-hydrogen) atoms. The second-order valence-corrected chi connectivity index (χ2v) is 19.2. The third-order valence-electron chi connectivity index (χ3n) is 10.8. The van der Waals surface area contributed by atoms with Crippen LogP contribution in [0.25, 0.3) is 0 Å². The minimum Gasteiger partial charge on any atom is -0.744 e. The fourth-order valence-electron chi connectivity index (χ4n) is 7.82. The fraction of sp³-hybridized carbons (Fsp3) is 0.463. The maximum atomic E-state index is 12.1. The molecule has 2 atom stereocenters. The van der Waals surface area contributed by atoms with Gasteiger partial charge in [0.2, 0.25) is 5.69 Å². The molecule has 2 aromatic rings. The minimum atomic E-state index is -4.75. The van der Waals surface area contributed by atoms with E-state index in [0.717, 1.165) is 17.1 Å². The summed E-state index contributed by atoms with van der Waals surface area (Å²) in [5, 5.41) is 9.11. The molecule has 2 heterocycles. The van der Waals surface area contributed by atoms with Crippen molar-refractivity contribution in [2.45, 2.75) is 86.3 Å². The number of benzene rings is 2. The van der Waals surface area contributed by atoms with Crippen molar-refractivity contribution in [1.82, 2.24) is 0 Å². The normalized spacial score (nSPS) is 20.5. The second-order valence-electron chi connectivity index (χ2n) is 14.9. The Kier molecular flexibility index (Phi) is 16.2. The number of anilines is 1. The average Bonchev–Trinajstić information content (AvgIpc) is 3.52. The number of hydrogen-bond donors (Lipinski definition) is 3. The monoisotopic (exact) mass is 878 g/mol. The Labute approximate surface area is 347 Å². The van der Waals surface area contributed by atoms with Gasteiger partial charge in [0.25, 0.3) is 20.2 Å². The zero-order valence-electron chi connectivity index (χ0n) is 33.7. The standard InChI is InChI=1S/C41H54N2O13S3/c1-5-42-35-20-18-31(58(49,50)51)29-33(35)40(2,22-14-28-57(46,47)48)37(42)15-10-7-6-8-11-16-38-41(3,23-25-56-27-26-55-4)34-30-32(59(52,53)54)19-21-36(34)43(38)24-13-9-12-17-39(44)45/h6-8,10-11,15-16,18-21,29-30H,5,9,12-14,17,22-28H2,1-4H3,(H3-,44,45,46,47,48,49,50,51,52,53,54). The van der Waals surface area contributed by atoms with Crippen molar-refractivity contribution in [1.29, 1.82) is 0 Å². The van der Waals surface area contributed by atoms with Crippen LogP contribution < -0.4 is 4.90 Å². The molecule has 324 valence electrons. The van der Waals surface area contributed by atoms with E-state index in [2.05, 4.69) is 4.58 Å². The molecular formula is C41H54N2O13S3. The van der Waals surface area contributed by atoms with Gasteiger partial charge >= 0.3 is 5.97 Å². The molecule has 0 saturated carbocycles. The van der Waals surface area contributed by atoms with E-state index < -0.39 is 52.9 Å². The first-order chi connectivity index (χ1) is 27.7. The molecule has 2 aliphatic heterocycles. The molecule has 4 rings (SSSR count).